The summed E-state index contributed by atoms with van der Waals surface area (Å²) in [6, 6.07) is 7.90. The zero-order valence-electron chi connectivity index (χ0n) is 20.3. The molecule has 5 atom stereocenters. The Bertz CT molecular complexity index is 951. The Morgan fingerprint density at radius 1 is 0.972 bits per heavy atom. The summed E-state index contributed by atoms with van der Waals surface area (Å²) in [5.41, 5.74) is -1.74. The number of esters is 3. The second-order valence-corrected chi connectivity index (χ2v) is 12.4. The summed E-state index contributed by atoms with van der Waals surface area (Å²) in [6.07, 6.45) is -3.57. The van der Waals surface area contributed by atoms with Gasteiger partial charge in [-0.3, -0.25) is 19.2 Å². The van der Waals surface area contributed by atoms with Crippen LogP contribution in [0, 0.1) is 5.41 Å². The number of rotatable bonds is 7. The SMILES string of the molecule is CC(=O)OC1[C@H](OC(C)=O)C(COC(=O)C(C)(C)C)O[C@@H](Sc2ccccc2)[C@H]1NC(=O)C(Cl)(Cl)Cl. The molecule has 0 aliphatic carbocycles. The van der Waals surface area contributed by atoms with E-state index in [1.165, 1.54) is 11.8 Å². The summed E-state index contributed by atoms with van der Waals surface area (Å²) in [7, 11) is 0. The van der Waals surface area contributed by atoms with Gasteiger partial charge >= 0.3 is 17.9 Å². The van der Waals surface area contributed by atoms with Gasteiger partial charge in [0, 0.05) is 18.7 Å². The van der Waals surface area contributed by atoms with Gasteiger partial charge in [0.25, 0.3) is 9.70 Å². The Morgan fingerprint density at radius 2 is 1.53 bits per heavy atom. The molecule has 1 fully saturated rings. The molecule has 0 radical (unpaired) electrons. The van der Waals surface area contributed by atoms with Crippen molar-refractivity contribution in [2.24, 2.45) is 5.41 Å². The van der Waals surface area contributed by atoms with E-state index in [4.69, 9.17) is 53.8 Å². The topological polar surface area (TPSA) is 117 Å². The van der Waals surface area contributed by atoms with E-state index in [0.29, 0.717) is 0 Å². The largest absolute Gasteiger partial charge is 0.462 e. The predicted molar refractivity (Wildman–Crippen MR) is 135 cm³/mol. The number of benzene rings is 1. The molecular weight excluding hydrogens is 557 g/mol. The van der Waals surface area contributed by atoms with E-state index in [0.717, 1.165) is 18.7 Å². The van der Waals surface area contributed by atoms with Crippen molar-refractivity contribution in [3.05, 3.63) is 30.3 Å². The monoisotopic (exact) mass is 583 g/mol. The smallest absolute Gasteiger partial charge is 0.311 e. The Morgan fingerprint density at radius 3 is 2.03 bits per heavy atom. The highest BCUT2D eigenvalue weighted by molar-refractivity contribution is 7.99. The highest BCUT2D eigenvalue weighted by Crippen LogP contribution is 2.37. The first-order valence-electron chi connectivity index (χ1n) is 10.9. The Kier molecular flexibility index (Phi) is 10.8. The fourth-order valence-electron chi connectivity index (χ4n) is 3.20. The third kappa shape index (κ3) is 8.99. The molecule has 0 saturated carbocycles. The standard InChI is InChI=1S/C23H28Cl3NO8S/c1-12(28)33-17-15(11-32-21(31)22(3,4)5)35-19(36-14-9-7-6-8-10-14)16(18(17)34-13(2)29)27-20(30)23(24,25)26/h6-10,15-19H,11H2,1-5H3,(H,27,30)/t15?,16-,17+,18?,19-/m0/s1. The molecule has 200 valence electrons. The maximum Gasteiger partial charge on any atom is 0.311 e. The molecule has 1 aliphatic rings. The Balaban J connectivity index is 2.50. The molecule has 1 aromatic rings. The number of hydrogen-bond acceptors (Lipinski definition) is 9. The van der Waals surface area contributed by atoms with E-state index >= 15 is 0 Å². The van der Waals surface area contributed by atoms with Crippen LogP contribution < -0.4 is 5.32 Å². The number of ether oxygens (including phenoxy) is 4. The lowest BCUT2D eigenvalue weighted by atomic mass is 9.96. The number of carbonyl (C=O) groups excluding carboxylic acids is 4. The van der Waals surface area contributed by atoms with Gasteiger partial charge in [-0.15, -0.1) is 0 Å². The van der Waals surface area contributed by atoms with E-state index in [2.05, 4.69) is 5.32 Å². The molecule has 1 aliphatic heterocycles. The summed E-state index contributed by atoms with van der Waals surface area (Å²) in [4.78, 5) is 49.8. The molecule has 1 heterocycles. The maximum absolute atomic E-state index is 12.6. The highest BCUT2D eigenvalue weighted by atomic mass is 35.6. The molecule has 1 aromatic carbocycles. The molecule has 13 heteroatoms. The molecule has 1 saturated heterocycles. The number of carbonyl (C=O) groups is 4. The van der Waals surface area contributed by atoms with Crippen LogP contribution >= 0.6 is 46.6 Å². The summed E-state index contributed by atoms with van der Waals surface area (Å²) >= 11 is 18.5. The number of thioether (sulfide) groups is 1. The minimum atomic E-state index is -2.33. The Labute approximate surface area is 228 Å². The third-order valence-electron chi connectivity index (χ3n) is 4.79. The summed E-state index contributed by atoms with van der Waals surface area (Å²) in [5.74, 6) is -2.96. The van der Waals surface area contributed by atoms with Gasteiger partial charge in [-0.25, -0.2) is 0 Å². The van der Waals surface area contributed by atoms with E-state index in [1.807, 2.05) is 6.07 Å². The molecule has 2 rings (SSSR count). The van der Waals surface area contributed by atoms with Gasteiger partial charge in [0.1, 0.15) is 24.2 Å². The van der Waals surface area contributed by atoms with E-state index in [-0.39, 0.29) is 6.61 Å². The number of nitrogens with one attached hydrogen (secondary N) is 1. The molecule has 36 heavy (non-hydrogen) atoms. The van der Waals surface area contributed by atoms with Crippen LogP contribution in [0.15, 0.2) is 35.2 Å². The number of amides is 1. The minimum Gasteiger partial charge on any atom is -0.462 e. The zero-order valence-corrected chi connectivity index (χ0v) is 23.4. The molecule has 0 spiro atoms. The van der Waals surface area contributed by atoms with Crippen molar-refractivity contribution in [1.29, 1.82) is 0 Å². The van der Waals surface area contributed by atoms with Crippen LogP contribution in [0.4, 0.5) is 0 Å². The number of halogens is 3. The molecular formula is C23H28Cl3NO8S. The lowest BCUT2D eigenvalue weighted by molar-refractivity contribution is -0.213. The van der Waals surface area contributed by atoms with Crippen LogP contribution in [0.5, 0.6) is 0 Å². The molecule has 1 N–H and O–H groups in total. The predicted octanol–water partition coefficient (Wildman–Crippen LogP) is 3.81. The molecule has 0 bridgehead atoms. The summed E-state index contributed by atoms with van der Waals surface area (Å²) < 4.78 is 20.2. The van der Waals surface area contributed by atoms with Crippen molar-refractivity contribution in [3.8, 4) is 0 Å². The van der Waals surface area contributed by atoms with Gasteiger partial charge in [-0.2, -0.15) is 0 Å². The first kappa shape index (κ1) is 30.5. The van der Waals surface area contributed by atoms with Crippen molar-refractivity contribution in [2.75, 3.05) is 6.61 Å². The zero-order chi connectivity index (χ0) is 27.3. The lowest BCUT2D eigenvalue weighted by Gasteiger charge is -2.45. The van der Waals surface area contributed by atoms with E-state index in [9.17, 15) is 19.2 Å². The van der Waals surface area contributed by atoms with Crippen molar-refractivity contribution in [1.82, 2.24) is 5.32 Å². The third-order valence-corrected chi connectivity index (χ3v) is 6.49. The van der Waals surface area contributed by atoms with Gasteiger partial charge in [-0.1, -0.05) is 64.8 Å². The minimum absolute atomic E-state index is 0.317. The van der Waals surface area contributed by atoms with Crippen LogP contribution in [0.2, 0.25) is 0 Å². The lowest BCUT2D eigenvalue weighted by Crippen LogP contribution is -2.66. The van der Waals surface area contributed by atoms with Gasteiger partial charge < -0.3 is 24.3 Å². The first-order chi connectivity index (χ1) is 16.6. The molecule has 9 nitrogen and oxygen atoms in total. The van der Waals surface area contributed by atoms with Crippen LogP contribution in [0.25, 0.3) is 0 Å². The first-order valence-corrected chi connectivity index (χ1v) is 12.9. The number of hydrogen-bond donors (Lipinski definition) is 1. The average molecular weight is 585 g/mol. The molecule has 2 unspecified atom stereocenters. The van der Waals surface area contributed by atoms with Gasteiger partial charge in [0.2, 0.25) is 0 Å². The van der Waals surface area contributed by atoms with Crippen molar-refractivity contribution in [2.45, 2.75) is 73.1 Å². The highest BCUT2D eigenvalue weighted by Gasteiger charge is 2.52. The summed E-state index contributed by atoms with van der Waals surface area (Å²) in [5, 5.41) is 2.54. The molecule has 1 amide bonds. The van der Waals surface area contributed by atoms with Crippen LogP contribution in [-0.2, 0) is 38.1 Å². The van der Waals surface area contributed by atoms with E-state index < -0.39 is 62.8 Å². The van der Waals surface area contributed by atoms with Gasteiger partial charge in [0.15, 0.2) is 12.2 Å². The van der Waals surface area contributed by atoms with E-state index in [1.54, 1.807) is 45.0 Å². The van der Waals surface area contributed by atoms with Crippen LogP contribution in [-0.4, -0.2) is 64.0 Å². The quantitative estimate of drug-likeness (QED) is 0.290. The van der Waals surface area contributed by atoms with Crippen LogP contribution in [0.1, 0.15) is 34.6 Å². The second kappa shape index (κ2) is 12.7. The average Bonchev–Trinajstić information content (AvgIpc) is 2.74. The van der Waals surface area contributed by atoms with Gasteiger partial charge in [-0.05, 0) is 32.9 Å². The Hall–Kier alpha value is -1.72. The fraction of sp³-hybridized carbons (Fsp3) is 0.565. The van der Waals surface area contributed by atoms with Crippen molar-refractivity contribution in [3.63, 3.8) is 0 Å². The van der Waals surface area contributed by atoms with Crippen molar-refractivity contribution < 1.29 is 38.1 Å². The van der Waals surface area contributed by atoms with Crippen LogP contribution in [0.3, 0.4) is 0 Å². The molecule has 0 aromatic heterocycles. The summed E-state index contributed by atoms with van der Waals surface area (Å²) in [6.45, 7) is 7.03. The normalized spacial score (nSPS) is 24.4. The van der Waals surface area contributed by atoms with Crippen molar-refractivity contribution >= 4 is 70.4 Å². The maximum atomic E-state index is 12.6. The second-order valence-electron chi connectivity index (χ2n) is 8.97. The fourth-order valence-corrected chi connectivity index (χ4v) is 4.51. The number of alkyl halides is 3. The van der Waals surface area contributed by atoms with Gasteiger partial charge in [0.05, 0.1) is 5.41 Å².